The van der Waals surface area contributed by atoms with Crippen molar-refractivity contribution in [3.63, 3.8) is 0 Å². The van der Waals surface area contributed by atoms with Crippen LogP contribution in [0.1, 0.15) is 30.0 Å². The van der Waals surface area contributed by atoms with E-state index >= 15 is 0 Å². The van der Waals surface area contributed by atoms with E-state index in [9.17, 15) is 4.79 Å². The summed E-state index contributed by atoms with van der Waals surface area (Å²) in [6.07, 6.45) is 1.90. The zero-order chi connectivity index (χ0) is 11.1. The van der Waals surface area contributed by atoms with E-state index in [2.05, 4.69) is 10.3 Å². The number of thiazole rings is 1. The Morgan fingerprint density at radius 3 is 3.00 bits per heavy atom. The maximum absolute atomic E-state index is 10.2. The zero-order valence-electron chi connectivity index (χ0n) is 8.82. The Morgan fingerprint density at radius 1 is 1.60 bits per heavy atom. The number of nitrogens with one attached hydrogen (secondary N) is 1. The SMILES string of the molecule is Cc1csc(CNCCCCC(=O)O)n1. The summed E-state index contributed by atoms with van der Waals surface area (Å²) in [5.74, 6) is -0.717. The van der Waals surface area contributed by atoms with Gasteiger partial charge in [0.2, 0.25) is 0 Å². The van der Waals surface area contributed by atoms with Crippen molar-refractivity contribution in [2.45, 2.75) is 32.7 Å². The summed E-state index contributed by atoms with van der Waals surface area (Å²) in [4.78, 5) is 14.5. The molecule has 4 nitrogen and oxygen atoms in total. The van der Waals surface area contributed by atoms with Gasteiger partial charge in [0.05, 0.1) is 0 Å². The molecule has 0 fully saturated rings. The first-order chi connectivity index (χ1) is 7.18. The lowest BCUT2D eigenvalue weighted by molar-refractivity contribution is -0.137. The maximum Gasteiger partial charge on any atom is 0.303 e. The summed E-state index contributed by atoms with van der Waals surface area (Å²) in [6.45, 7) is 3.62. The largest absolute Gasteiger partial charge is 0.481 e. The van der Waals surface area contributed by atoms with Crippen LogP contribution in [0.2, 0.25) is 0 Å². The summed E-state index contributed by atoms with van der Waals surface area (Å²) in [5, 5.41) is 14.8. The summed E-state index contributed by atoms with van der Waals surface area (Å²) >= 11 is 1.65. The number of rotatable bonds is 7. The van der Waals surface area contributed by atoms with E-state index in [1.165, 1.54) is 0 Å². The number of carboxylic acid groups (broad SMARTS) is 1. The molecule has 0 aliphatic heterocycles. The van der Waals surface area contributed by atoms with Crippen molar-refractivity contribution < 1.29 is 9.90 Å². The van der Waals surface area contributed by atoms with Gasteiger partial charge in [-0.1, -0.05) is 0 Å². The first kappa shape index (κ1) is 12.1. The van der Waals surface area contributed by atoms with Crippen molar-refractivity contribution in [3.05, 3.63) is 16.1 Å². The Bertz CT molecular complexity index is 312. The normalized spacial score (nSPS) is 10.5. The molecule has 5 heteroatoms. The first-order valence-electron chi connectivity index (χ1n) is 5.02. The van der Waals surface area contributed by atoms with Crippen molar-refractivity contribution in [1.29, 1.82) is 0 Å². The van der Waals surface area contributed by atoms with Crippen LogP contribution in [0.25, 0.3) is 0 Å². The number of hydrogen-bond donors (Lipinski definition) is 2. The van der Waals surface area contributed by atoms with Gasteiger partial charge in [-0.05, 0) is 26.3 Å². The molecular weight excluding hydrogens is 212 g/mol. The smallest absolute Gasteiger partial charge is 0.303 e. The van der Waals surface area contributed by atoms with Crippen LogP contribution in [-0.2, 0) is 11.3 Å². The van der Waals surface area contributed by atoms with E-state index in [4.69, 9.17) is 5.11 Å². The van der Waals surface area contributed by atoms with Gasteiger partial charge in [0.1, 0.15) is 5.01 Å². The lowest BCUT2D eigenvalue weighted by Gasteiger charge is -2.00. The van der Waals surface area contributed by atoms with Crippen LogP contribution in [0.15, 0.2) is 5.38 Å². The zero-order valence-corrected chi connectivity index (χ0v) is 9.64. The van der Waals surface area contributed by atoms with Crippen LogP contribution >= 0.6 is 11.3 Å². The van der Waals surface area contributed by atoms with Crippen LogP contribution in [0.5, 0.6) is 0 Å². The summed E-state index contributed by atoms with van der Waals surface area (Å²) in [6, 6.07) is 0. The van der Waals surface area contributed by atoms with Gasteiger partial charge in [0.15, 0.2) is 0 Å². The van der Waals surface area contributed by atoms with Gasteiger partial charge in [-0.2, -0.15) is 0 Å². The predicted octanol–water partition coefficient (Wildman–Crippen LogP) is 1.80. The van der Waals surface area contributed by atoms with Gasteiger partial charge in [-0.15, -0.1) is 11.3 Å². The highest BCUT2D eigenvalue weighted by Gasteiger charge is 1.98. The molecule has 1 aromatic heterocycles. The summed E-state index contributed by atoms with van der Waals surface area (Å²) in [7, 11) is 0. The maximum atomic E-state index is 10.2. The fraction of sp³-hybridized carbons (Fsp3) is 0.600. The second-order valence-corrected chi connectivity index (χ2v) is 4.35. The molecule has 0 unspecified atom stereocenters. The Morgan fingerprint density at radius 2 is 2.40 bits per heavy atom. The van der Waals surface area contributed by atoms with Crippen molar-refractivity contribution in [2.75, 3.05) is 6.54 Å². The molecule has 0 aliphatic rings. The molecule has 0 saturated carbocycles. The summed E-state index contributed by atoms with van der Waals surface area (Å²) < 4.78 is 0. The Hall–Kier alpha value is -0.940. The number of aryl methyl sites for hydroxylation is 1. The fourth-order valence-corrected chi connectivity index (χ4v) is 1.95. The molecule has 1 aromatic rings. The third kappa shape index (κ3) is 5.49. The average molecular weight is 228 g/mol. The molecule has 15 heavy (non-hydrogen) atoms. The Balaban J connectivity index is 2.00. The summed E-state index contributed by atoms with van der Waals surface area (Å²) in [5.41, 5.74) is 1.06. The minimum absolute atomic E-state index is 0.262. The molecule has 84 valence electrons. The van der Waals surface area contributed by atoms with Gasteiger partial charge in [-0.25, -0.2) is 4.98 Å². The minimum atomic E-state index is -0.717. The molecule has 0 atom stereocenters. The molecule has 0 aliphatic carbocycles. The Kier molecular flexibility index (Phi) is 5.28. The highest BCUT2D eigenvalue weighted by atomic mass is 32.1. The minimum Gasteiger partial charge on any atom is -0.481 e. The van der Waals surface area contributed by atoms with E-state index in [0.717, 1.165) is 36.6 Å². The van der Waals surface area contributed by atoms with E-state index < -0.39 is 5.97 Å². The molecule has 1 rings (SSSR count). The van der Waals surface area contributed by atoms with Crippen LogP contribution < -0.4 is 5.32 Å². The second-order valence-electron chi connectivity index (χ2n) is 3.41. The van der Waals surface area contributed by atoms with Gasteiger partial charge >= 0.3 is 5.97 Å². The van der Waals surface area contributed by atoms with Gasteiger partial charge in [-0.3, -0.25) is 4.79 Å². The van der Waals surface area contributed by atoms with Crippen LogP contribution in [0, 0.1) is 6.92 Å². The fourth-order valence-electron chi connectivity index (χ4n) is 1.21. The molecule has 0 aromatic carbocycles. The number of carboxylic acids is 1. The van der Waals surface area contributed by atoms with Crippen molar-refractivity contribution in [1.82, 2.24) is 10.3 Å². The van der Waals surface area contributed by atoms with Crippen LogP contribution in [0.4, 0.5) is 0 Å². The molecule has 0 spiro atoms. The van der Waals surface area contributed by atoms with E-state index in [1.807, 2.05) is 12.3 Å². The van der Waals surface area contributed by atoms with E-state index in [-0.39, 0.29) is 6.42 Å². The quantitative estimate of drug-likeness (QED) is 0.698. The van der Waals surface area contributed by atoms with Crippen molar-refractivity contribution in [2.24, 2.45) is 0 Å². The highest BCUT2D eigenvalue weighted by molar-refractivity contribution is 7.09. The number of nitrogens with zero attached hydrogens (tertiary/aromatic N) is 1. The molecule has 2 N–H and O–H groups in total. The topological polar surface area (TPSA) is 62.2 Å². The van der Waals surface area contributed by atoms with Gasteiger partial charge in [0, 0.05) is 24.0 Å². The van der Waals surface area contributed by atoms with Crippen LogP contribution in [0.3, 0.4) is 0 Å². The van der Waals surface area contributed by atoms with Crippen molar-refractivity contribution in [3.8, 4) is 0 Å². The number of aliphatic carboxylic acids is 1. The first-order valence-corrected chi connectivity index (χ1v) is 5.90. The molecule has 1 heterocycles. The monoisotopic (exact) mass is 228 g/mol. The third-order valence-electron chi connectivity index (χ3n) is 1.94. The van der Waals surface area contributed by atoms with Gasteiger partial charge < -0.3 is 10.4 Å². The van der Waals surface area contributed by atoms with Crippen LogP contribution in [-0.4, -0.2) is 22.6 Å². The number of unbranched alkanes of at least 4 members (excludes halogenated alkanes) is 1. The highest BCUT2D eigenvalue weighted by Crippen LogP contribution is 2.07. The van der Waals surface area contributed by atoms with E-state index in [0.29, 0.717) is 0 Å². The lowest BCUT2D eigenvalue weighted by Crippen LogP contribution is -2.14. The predicted molar refractivity (Wildman–Crippen MR) is 60.0 cm³/mol. The molecule has 0 radical (unpaired) electrons. The standard InChI is InChI=1S/C10H16N2O2S/c1-8-7-15-9(12-8)6-11-5-3-2-4-10(13)14/h7,11H,2-6H2,1H3,(H,13,14). The molecule has 0 saturated heterocycles. The van der Waals surface area contributed by atoms with Gasteiger partial charge in [0.25, 0.3) is 0 Å². The number of carbonyl (C=O) groups is 1. The lowest BCUT2D eigenvalue weighted by atomic mass is 10.2. The molecular formula is C10H16N2O2S. The van der Waals surface area contributed by atoms with Crippen molar-refractivity contribution >= 4 is 17.3 Å². The number of aromatic nitrogens is 1. The number of hydrogen-bond acceptors (Lipinski definition) is 4. The molecule has 0 amide bonds. The second kappa shape index (κ2) is 6.53. The van der Waals surface area contributed by atoms with E-state index in [1.54, 1.807) is 11.3 Å². The third-order valence-corrected chi connectivity index (χ3v) is 2.90. The Labute approximate surface area is 93.4 Å². The molecule has 0 bridgehead atoms. The average Bonchev–Trinajstić information content (AvgIpc) is 2.57.